The van der Waals surface area contributed by atoms with Crippen molar-refractivity contribution >= 4 is 31.6 Å². The number of rotatable bonds is 2. The Kier molecular flexibility index (Phi) is 3.77. The van der Waals surface area contributed by atoms with Crippen LogP contribution in [0.4, 0.5) is 5.69 Å². The van der Waals surface area contributed by atoms with Gasteiger partial charge in [0.2, 0.25) is 10.0 Å². The van der Waals surface area contributed by atoms with Crippen LogP contribution in [0.3, 0.4) is 0 Å². The standard InChI is InChI=1S/C15H15BrN2O2S/c16-13-5-6-15(14(17)9-13)21(19,20)18-8-7-11-3-1-2-4-12(11)10-18/h1-6,9H,7-8,10,17H2. The SMILES string of the molecule is Nc1cc(Br)ccc1S(=O)(=O)N1CCc2ccccc2C1. The summed E-state index contributed by atoms with van der Waals surface area (Å²) >= 11 is 3.29. The number of hydrogen-bond acceptors (Lipinski definition) is 3. The predicted octanol–water partition coefficient (Wildman–Crippen LogP) is 2.78. The zero-order valence-electron chi connectivity index (χ0n) is 11.3. The van der Waals surface area contributed by atoms with E-state index in [9.17, 15) is 8.42 Å². The second-order valence-electron chi connectivity index (χ2n) is 5.04. The molecule has 21 heavy (non-hydrogen) atoms. The molecule has 0 radical (unpaired) electrons. The van der Waals surface area contributed by atoms with E-state index < -0.39 is 10.0 Å². The van der Waals surface area contributed by atoms with Crippen molar-refractivity contribution < 1.29 is 8.42 Å². The average Bonchev–Trinajstić information content (AvgIpc) is 2.46. The van der Waals surface area contributed by atoms with Crippen LogP contribution < -0.4 is 5.73 Å². The molecule has 1 heterocycles. The number of nitrogen functional groups attached to an aromatic ring is 1. The average molecular weight is 367 g/mol. The fraction of sp³-hybridized carbons (Fsp3) is 0.200. The van der Waals surface area contributed by atoms with Crippen molar-refractivity contribution in [3.8, 4) is 0 Å². The molecule has 4 nitrogen and oxygen atoms in total. The highest BCUT2D eigenvalue weighted by atomic mass is 79.9. The third kappa shape index (κ3) is 2.71. The summed E-state index contributed by atoms with van der Waals surface area (Å²) in [5, 5.41) is 0. The maximum absolute atomic E-state index is 12.8. The van der Waals surface area contributed by atoms with Gasteiger partial charge in [0, 0.05) is 17.6 Å². The topological polar surface area (TPSA) is 63.4 Å². The van der Waals surface area contributed by atoms with E-state index in [4.69, 9.17) is 5.73 Å². The molecular formula is C15H15BrN2O2S. The van der Waals surface area contributed by atoms with Crippen molar-refractivity contribution in [3.63, 3.8) is 0 Å². The summed E-state index contributed by atoms with van der Waals surface area (Å²) in [7, 11) is -3.56. The third-order valence-electron chi connectivity index (χ3n) is 3.69. The van der Waals surface area contributed by atoms with Gasteiger partial charge in [-0.15, -0.1) is 0 Å². The van der Waals surface area contributed by atoms with Gasteiger partial charge in [-0.3, -0.25) is 0 Å². The number of nitrogens with zero attached hydrogens (tertiary/aromatic N) is 1. The van der Waals surface area contributed by atoms with Gasteiger partial charge in [-0.05, 0) is 35.7 Å². The van der Waals surface area contributed by atoms with Crippen molar-refractivity contribution in [3.05, 3.63) is 58.1 Å². The lowest BCUT2D eigenvalue weighted by atomic mass is 10.0. The highest BCUT2D eigenvalue weighted by Crippen LogP contribution is 2.29. The summed E-state index contributed by atoms with van der Waals surface area (Å²) in [6.07, 6.45) is 0.728. The van der Waals surface area contributed by atoms with E-state index in [0.717, 1.165) is 16.5 Å². The number of nitrogens with two attached hydrogens (primary N) is 1. The Morgan fingerprint density at radius 2 is 1.81 bits per heavy atom. The largest absolute Gasteiger partial charge is 0.398 e. The zero-order valence-corrected chi connectivity index (χ0v) is 13.7. The van der Waals surface area contributed by atoms with Crippen LogP contribution in [-0.2, 0) is 23.0 Å². The van der Waals surface area contributed by atoms with Crippen LogP contribution in [0.25, 0.3) is 0 Å². The molecule has 2 N–H and O–H groups in total. The highest BCUT2D eigenvalue weighted by Gasteiger charge is 2.29. The monoisotopic (exact) mass is 366 g/mol. The molecule has 1 aliphatic rings. The number of anilines is 1. The third-order valence-corrected chi connectivity index (χ3v) is 6.10. The lowest BCUT2D eigenvalue weighted by Crippen LogP contribution is -2.36. The molecule has 6 heteroatoms. The van der Waals surface area contributed by atoms with Gasteiger partial charge >= 0.3 is 0 Å². The van der Waals surface area contributed by atoms with E-state index in [1.165, 1.54) is 9.87 Å². The summed E-state index contributed by atoms with van der Waals surface area (Å²) in [4.78, 5) is 0.171. The van der Waals surface area contributed by atoms with Crippen LogP contribution in [0.2, 0.25) is 0 Å². The summed E-state index contributed by atoms with van der Waals surface area (Å²) in [6, 6.07) is 12.8. The minimum absolute atomic E-state index is 0.171. The lowest BCUT2D eigenvalue weighted by molar-refractivity contribution is 0.391. The number of halogens is 1. The fourth-order valence-corrected chi connectivity index (χ4v) is 4.46. The molecule has 0 aromatic heterocycles. The molecule has 0 bridgehead atoms. The Morgan fingerprint density at radius 1 is 1.10 bits per heavy atom. The van der Waals surface area contributed by atoms with E-state index >= 15 is 0 Å². The maximum atomic E-state index is 12.8. The van der Waals surface area contributed by atoms with E-state index in [1.807, 2.05) is 24.3 Å². The van der Waals surface area contributed by atoms with E-state index in [0.29, 0.717) is 13.1 Å². The zero-order chi connectivity index (χ0) is 15.0. The van der Waals surface area contributed by atoms with E-state index in [-0.39, 0.29) is 10.6 Å². The quantitative estimate of drug-likeness (QED) is 0.831. The molecular weight excluding hydrogens is 352 g/mol. The molecule has 1 aliphatic heterocycles. The van der Waals surface area contributed by atoms with Crippen LogP contribution in [0, 0.1) is 0 Å². The van der Waals surface area contributed by atoms with Gasteiger partial charge in [-0.1, -0.05) is 40.2 Å². The van der Waals surface area contributed by atoms with Crippen molar-refractivity contribution in [1.82, 2.24) is 4.31 Å². The number of sulfonamides is 1. The lowest BCUT2D eigenvalue weighted by Gasteiger charge is -2.28. The molecule has 110 valence electrons. The van der Waals surface area contributed by atoms with Gasteiger partial charge in [0.05, 0.1) is 5.69 Å². The van der Waals surface area contributed by atoms with Gasteiger partial charge in [-0.25, -0.2) is 8.42 Å². The van der Waals surface area contributed by atoms with Gasteiger partial charge < -0.3 is 5.73 Å². The molecule has 0 spiro atoms. The van der Waals surface area contributed by atoms with Crippen molar-refractivity contribution in [2.24, 2.45) is 0 Å². The van der Waals surface area contributed by atoms with Crippen LogP contribution in [0.15, 0.2) is 51.8 Å². The van der Waals surface area contributed by atoms with Crippen LogP contribution in [0.1, 0.15) is 11.1 Å². The van der Waals surface area contributed by atoms with E-state index in [1.54, 1.807) is 18.2 Å². The summed E-state index contributed by atoms with van der Waals surface area (Å²) < 4.78 is 27.8. The Bertz CT molecular complexity index is 790. The molecule has 0 fully saturated rings. The fourth-order valence-electron chi connectivity index (χ4n) is 2.57. The van der Waals surface area contributed by atoms with Gasteiger partial charge in [0.1, 0.15) is 4.90 Å². The first kappa shape index (κ1) is 14.6. The molecule has 0 amide bonds. The molecule has 0 atom stereocenters. The first-order chi connectivity index (χ1) is 9.98. The second kappa shape index (κ2) is 5.44. The van der Waals surface area contributed by atoms with Crippen molar-refractivity contribution in [2.45, 2.75) is 17.9 Å². The normalized spacial score (nSPS) is 15.7. The molecule has 0 aliphatic carbocycles. The maximum Gasteiger partial charge on any atom is 0.245 e. The molecule has 2 aromatic rings. The number of hydrogen-bond donors (Lipinski definition) is 1. The van der Waals surface area contributed by atoms with Crippen LogP contribution >= 0.6 is 15.9 Å². The Labute approximate surface area is 132 Å². The molecule has 0 saturated heterocycles. The molecule has 0 saturated carbocycles. The van der Waals surface area contributed by atoms with E-state index in [2.05, 4.69) is 15.9 Å². The molecule has 3 rings (SSSR count). The van der Waals surface area contributed by atoms with Gasteiger partial charge in [0.25, 0.3) is 0 Å². The second-order valence-corrected chi connectivity index (χ2v) is 7.86. The Morgan fingerprint density at radius 3 is 2.52 bits per heavy atom. The Hall–Kier alpha value is -1.37. The minimum Gasteiger partial charge on any atom is -0.398 e. The Balaban J connectivity index is 1.97. The predicted molar refractivity (Wildman–Crippen MR) is 86.3 cm³/mol. The summed E-state index contributed by atoms with van der Waals surface area (Å²) in [6.45, 7) is 0.878. The highest BCUT2D eigenvalue weighted by molar-refractivity contribution is 9.10. The van der Waals surface area contributed by atoms with Crippen molar-refractivity contribution in [1.29, 1.82) is 0 Å². The minimum atomic E-state index is -3.56. The molecule has 2 aromatic carbocycles. The smallest absolute Gasteiger partial charge is 0.245 e. The first-order valence-electron chi connectivity index (χ1n) is 6.60. The summed E-state index contributed by atoms with van der Waals surface area (Å²) in [5.74, 6) is 0. The van der Waals surface area contributed by atoms with Crippen molar-refractivity contribution in [2.75, 3.05) is 12.3 Å². The first-order valence-corrected chi connectivity index (χ1v) is 8.84. The number of fused-ring (bicyclic) bond motifs is 1. The molecule has 0 unspecified atom stereocenters. The van der Waals surface area contributed by atoms with Crippen LogP contribution in [0.5, 0.6) is 0 Å². The summed E-state index contributed by atoms with van der Waals surface area (Å²) in [5.41, 5.74) is 8.41. The number of benzene rings is 2. The van der Waals surface area contributed by atoms with Gasteiger partial charge in [0.15, 0.2) is 0 Å². The van der Waals surface area contributed by atoms with Crippen LogP contribution in [-0.4, -0.2) is 19.3 Å². The van der Waals surface area contributed by atoms with Gasteiger partial charge in [-0.2, -0.15) is 4.31 Å².